The second-order valence-electron chi connectivity index (χ2n) is 4.80. The van der Waals surface area contributed by atoms with Crippen molar-refractivity contribution in [2.75, 3.05) is 7.11 Å². The lowest BCUT2D eigenvalue weighted by Crippen LogP contribution is -2.30. The van der Waals surface area contributed by atoms with E-state index in [2.05, 4.69) is 6.08 Å². The van der Waals surface area contributed by atoms with Crippen molar-refractivity contribution in [3.8, 4) is 0 Å². The van der Waals surface area contributed by atoms with Crippen LogP contribution < -0.4 is 0 Å². The Morgan fingerprint density at radius 2 is 1.80 bits per heavy atom. The van der Waals surface area contributed by atoms with E-state index in [1.54, 1.807) is 7.11 Å². The lowest BCUT2D eigenvalue weighted by atomic mass is 10.00. The zero-order valence-corrected chi connectivity index (χ0v) is 10.8. The molecule has 0 aliphatic heterocycles. The highest BCUT2D eigenvalue weighted by Gasteiger charge is 2.31. The molecule has 0 aromatic rings. The lowest BCUT2D eigenvalue weighted by Gasteiger charge is -2.29. The first-order chi connectivity index (χ1) is 7.40. The average Bonchev–Trinajstić information content (AvgIpc) is 2.66. The normalized spacial score (nSPS) is 25.7. The van der Waals surface area contributed by atoms with Crippen LogP contribution in [0, 0.1) is 5.92 Å². The zero-order chi connectivity index (χ0) is 10.5. The molecular weight excluding hydrogens is 204 g/mol. The maximum Gasteiger partial charge on any atom is 0.384 e. The fraction of sp³-hybridized carbons (Fsp3) is 0.833. The molecule has 0 aromatic heterocycles. The van der Waals surface area contributed by atoms with Gasteiger partial charge in [-0.15, -0.1) is 0 Å². The van der Waals surface area contributed by atoms with Crippen molar-refractivity contribution in [2.45, 2.75) is 50.5 Å². The third-order valence-corrected chi connectivity index (χ3v) is 6.06. The van der Waals surface area contributed by atoms with Crippen molar-refractivity contribution in [3.05, 3.63) is 12.3 Å². The minimum Gasteiger partial charge on any atom is -0.529 e. The zero-order valence-electron chi connectivity index (χ0n) is 9.65. The summed E-state index contributed by atoms with van der Waals surface area (Å²) in [4.78, 5) is 0. The molecule has 86 valence electrons. The molecule has 15 heavy (non-hydrogen) atoms. The summed E-state index contributed by atoms with van der Waals surface area (Å²) in [6, 6.07) is 0. The van der Waals surface area contributed by atoms with Crippen LogP contribution >= 0.6 is 0 Å². The van der Waals surface area contributed by atoms with E-state index >= 15 is 0 Å². The Balaban J connectivity index is 1.69. The summed E-state index contributed by atoms with van der Waals surface area (Å²) in [6.07, 6.45) is 13.7. The molecule has 1 atom stereocenters. The van der Waals surface area contributed by atoms with Crippen molar-refractivity contribution in [2.24, 2.45) is 5.92 Å². The van der Waals surface area contributed by atoms with Gasteiger partial charge in [0, 0.05) is 12.7 Å². The second kappa shape index (κ2) is 5.71. The molecule has 0 saturated heterocycles. The fourth-order valence-electron chi connectivity index (χ4n) is 2.45. The molecular formula is C12H22O2Si. The summed E-state index contributed by atoms with van der Waals surface area (Å²) in [5.41, 5.74) is 0.767. The molecule has 0 amide bonds. The maximum atomic E-state index is 5.79. The molecule has 0 bridgehead atoms. The van der Waals surface area contributed by atoms with Crippen molar-refractivity contribution < 1.29 is 8.85 Å². The number of hydrogen-bond acceptors (Lipinski definition) is 2. The minimum absolute atomic E-state index is 0.767. The van der Waals surface area contributed by atoms with Crippen LogP contribution in [0.15, 0.2) is 12.3 Å². The molecule has 2 saturated carbocycles. The van der Waals surface area contributed by atoms with E-state index in [1.807, 2.05) is 6.26 Å². The third kappa shape index (κ3) is 3.08. The lowest BCUT2D eigenvalue weighted by molar-refractivity contribution is 0.266. The van der Waals surface area contributed by atoms with Gasteiger partial charge in [-0.3, -0.25) is 0 Å². The van der Waals surface area contributed by atoms with Crippen LogP contribution in [0.3, 0.4) is 0 Å². The van der Waals surface area contributed by atoms with E-state index in [0.29, 0.717) is 0 Å². The Labute approximate surface area is 94.5 Å². The topological polar surface area (TPSA) is 18.5 Å². The standard InChI is InChI=1S/C12H22O2Si/c1-13-15(12-7-4-8-12)14-10-9-11-5-2-3-6-11/h9-12,15H,2-8H2,1H3. The predicted octanol–water partition coefficient (Wildman–Crippen LogP) is 3.13. The van der Waals surface area contributed by atoms with E-state index in [1.165, 1.54) is 44.9 Å². The molecule has 3 heteroatoms. The smallest absolute Gasteiger partial charge is 0.384 e. The van der Waals surface area contributed by atoms with Crippen LogP contribution in [0.2, 0.25) is 5.54 Å². The Kier molecular flexibility index (Phi) is 4.26. The molecule has 2 aliphatic rings. The number of rotatable bonds is 5. The van der Waals surface area contributed by atoms with Crippen LogP contribution in [0.1, 0.15) is 44.9 Å². The molecule has 0 heterocycles. The minimum atomic E-state index is -1.37. The quantitative estimate of drug-likeness (QED) is 0.530. The van der Waals surface area contributed by atoms with Crippen molar-refractivity contribution >= 4 is 9.28 Å². The molecule has 2 rings (SSSR count). The molecule has 2 aliphatic carbocycles. The van der Waals surface area contributed by atoms with Gasteiger partial charge in [0.15, 0.2) is 0 Å². The average molecular weight is 226 g/mol. The van der Waals surface area contributed by atoms with Crippen molar-refractivity contribution in [1.29, 1.82) is 0 Å². The van der Waals surface area contributed by atoms with E-state index < -0.39 is 9.28 Å². The van der Waals surface area contributed by atoms with Crippen LogP contribution in [-0.2, 0) is 8.85 Å². The number of hydrogen-bond donors (Lipinski definition) is 0. The highest BCUT2D eigenvalue weighted by atomic mass is 28.3. The van der Waals surface area contributed by atoms with Gasteiger partial charge in [0.1, 0.15) is 0 Å². The van der Waals surface area contributed by atoms with Gasteiger partial charge in [-0.25, -0.2) is 0 Å². The van der Waals surface area contributed by atoms with Gasteiger partial charge in [0.05, 0.1) is 6.26 Å². The van der Waals surface area contributed by atoms with Gasteiger partial charge >= 0.3 is 9.28 Å². The molecule has 2 nitrogen and oxygen atoms in total. The third-order valence-electron chi connectivity index (χ3n) is 3.73. The summed E-state index contributed by atoms with van der Waals surface area (Å²) >= 11 is 0. The Bertz CT molecular complexity index is 208. The van der Waals surface area contributed by atoms with Crippen LogP contribution in [0.5, 0.6) is 0 Å². The summed E-state index contributed by atoms with van der Waals surface area (Å²) in [5.74, 6) is 0.776. The van der Waals surface area contributed by atoms with E-state index in [4.69, 9.17) is 8.85 Å². The molecule has 2 fully saturated rings. The SMILES string of the molecule is CO[SiH](OC=CC1CCCC1)C1CCC1. The first-order valence-electron chi connectivity index (χ1n) is 6.25. The van der Waals surface area contributed by atoms with Crippen LogP contribution in [0.4, 0.5) is 0 Å². The molecule has 0 spiro atoms. The van der Waals surface area contributed by atoms with Gasteiger partial charge in [-0.2, -0.15) is 0 Å². The second-order valence-corrected chi connectivity index (χ2v) is 7.23. The molecule has 1 unspecified atom stereocenters. The van der Waals surface area contributed by atoms with Crippen molar-refractivity contribution in [1.82, 2.24) is 0 Å². The van der Waals surface area contributed by atoms with Crippen LogP contribution in [0.25, 0.3) is 0 Å². The van der Waals surface area contributed by atoms with Crippen molar-refractivity contribution in [3.63, 3.8) is 0 Å². The highest BCUT2D eigenvalue weighted by Crippen LogP contribution is 2.35. The van der Waals surface area contributed by atoms with E-state index in [0.717, 1.165) is 11.5 Å². The summed E-state index contributed by atoms with van der Waals surface area (Å²) in [6.45, 7) is 0. The molecule has 0 N–H and O–H groups in total. The van der Waals surface area contributed by atoms with Gasteiger partial charge in [0.25, 0.3) is 0 Å². The fourth-order valence-corrected chi connectivity index (χ4v) is 4.43. The monoisotopic (exact) mass is 226 g/mol. The highest BCUT2D eigenvalue weighted by molar-refractivity contribution is 6.46. The van der Waals surface area contributed by atoms with Crippen LogP contribution in [-0.4, -0.2) is 16.4 Å². The maximum absolute atomic E-state index is 5.79. The van der Waals surface area contributed by atoms with Gasteiger partial charge in [-0.1, -0.05) is 19.3 Å². The Hall–Kier alpha value is -0.283. The molecule has 0 aromatic carbocycles. The van der Waals surface area contributed by atoms with Gasteiger partial charge < -0.3 is 8.85 Å². The predicted molar refractivity (Wildman–Crippen MR) is 63.9 cm³/mol. The molecule has 0 radical (unpaired) electrons. The largest absolute Gasteiger partial charge is 0.529 e. The van der Waals surface area contributed by atoms with Gasteiger partial charge in [0.2, 0.25) is 0 Å². The first kappa shape index (κ1) is 11.2. The van der Waals surface area contributed by atoms with E-state index in [-0.39, 0.29) is 0 Å². The summed E-state index contributed by atoms with van der Waals surface area (Å²) < 4.78 is 11.3. The van der Waals surface area contributed by atoms with Gasteiger partial charge in [-0.05, 0) is 37.7 Å². The summed E-state index contributed by atoms with van der Waals surface area (Å²) in [7, 11) is 0.437. The first-order valence-corrected chi connectivity index (χ1v) is 7.86. The Morgan fingerprint density at radius 3 is 2.33 bits per heavy atom. The summed E-state index contributed by atoms with van der Waals surface area (Å²) in [5, 5.41) is 0. The Morgan fingerprint density at radius 1 is 1.07 bits per heavy atom. The number of allylic oxidation sites excluding steroid dienone is 1. The van der Waals surface area contributed by atoms with E-state index in [9.17, 15) is 0 Å².